The Morgan fingerprint density at radius 2 is 2.30 bits per heavy atom. The van der Waals surface area contributed by atoms with Crippen molar-refractivity contribution in [3.05, 3.63) is 12.2 Å². The van der Waals surface area contributed by atoms with Gasteiger partial charge in [0.25, 0.3) is 0 Å². The number of ether oxygens (including phenoxy) is 1. The van der Waals surface area contributed by atoms with E-state index in [2.05, 4.69) is 26.0 Å². The lowest BCUT2D eigenvalue weighted by molar-refractivity contribution is -0.127. The molecule has 0 heterocycles. The quantitative estimate of drug-likeness (QED) is 0.432. The lowest BCUT2D eigenvalue weighted by atomic mass is 9.93. The Hall–Kier alpha value is -0.550. The summed E-state index contributed by atoms with van der Waals surface area (Å²) in [6, 6.07) is 0. The molecule has 0 saturated carbocycles. The molecule has 1 rings (SSSR count). The summed E-state index contributed by atoms with van der Waals surface area (Å²) in [6.07, 6.45) is 8.38. The molecular weight excluding hydrogens is 290 g/mol. The average Bonchev–Trinajstić information content (AvgIpc) is 2.39. The zero-order valence-corrected chi connectivity index (χ0v) is 14.3. The molecule has 0 aliphatic heterocycles. The van der Waals surface area contributed by atoms with Gasteiger partial charge in [-0.1, -0.05) is 26.0 Å². The maximum absolute atomic E-state index is 12.4. The Balaban J connectivity index is 2.56. The van der Waals surface area contributed by atoms with Crippen molar-refractivity contribution in [1.29, 1.82) is 0 Å². The molecule has 1 amide bonds. The maximum Gasteiger partial charge on any atom is 0.241 e. The molecule has 0 spiro atoms. The van der Waals surface area contributed by atoms with E-state index in [9.17, 15) is 4.79 Å². The largest absolute Gasteiger partial charge is 0.478 e. The number of hydrogen-bond donors (Lipinski definition) is 0. The van der Waals surface area contributed by atoms with Gasteiger partial charge in [-0.3, -0.25) is 9.10 Å². The van der Waals surface area contributed by atoms with Crippen LogP contribution in [0.25, 0.3) is 0 Å². The second kappa shape index (κ2) is 9.40. The fraction of sp³-hybridized carbons (Fsp3) is 0.733. The number of nitrogens with zero attached hydrogens (tertiary/aromatic N) is 1. The van der Waals surface area contributed by atoms with Crippen LogP contribution in [0.5, 0.6) is 0 Å². The van der Waals surface area contributed by atoms with E-state index < -0.39 is 0 Å². The van der Waals surface area contributed by atoms with Crippen LogP contribution in [0.1, 0.15) is 46.5 Å². The third-order valence-corrected chi connectivity index (χ3v) is 4.23. The summed E-state index contributed by atoms with van der Waals surface area (Å²) in [7, 11) is 0. The van der Waals surface area contributed by atoms with Crippen LogP contribution in [0.15, 0.2) is 12.2 Å². The zero-order chi connectivity index (χ0) is 15.0. The second-order valence-electron chi connectivity index (χ2n) is 5.45. The molecule has 0 aromatic carbocycles. The van der Waals surface area contributed by atoms with Crippen LogP contribution >= 0.6 is 24.2 Å². The molecule has 0 aromatic rings. The number of hydrogen-bond acceptors (Lipinski definition) is 4. The monoisotopic (exact) mass is 315 g/mol. The highest BCUT2D eigenvalue weighted by atomic mass is 32.2. The number of carbonyl (C=O) groups is 1. The molecule has 0 saturated heterocycles. The fourth-order valence-corrected chi connectivity index (χ4v) is 3.42. The molecule has 0 bridgehead atoms. The third-order valence-electron chi connectivity index (χ3n) is 3.05. The lowest BCUT2D eigenvalue weighted by Gasteiger charge is -2.25. The SMILES string of the molecule is CCOC(=S)SN(CC(C)C)C(=O)CC1C=CCCC1. The van der Waals surface area contributed by atoms with E-state index in [-0.39, 0.29) is 5.91 Å². The van der Waals surface area contributed by atoms with Crippen molar-refractivity contribution >= 4 is 34.5 Å². The van der Waals surface area contributed by atoms with Gasteiger partial charge in [0.2, 0.25) is 10.3 Å². The van der Waals surface area contributed by atoms with Crippen LogP contribution < -0.4 is 0 Å². The Kier molecular flexibility index (Phi) is 8.22. The summed E-state index contributed by atoms with van der Waals surface area (Å²) < 4.78 is 7.48. The van der Waals surface area contributed by atoms with Crippen molar-refractivity contribution in [3.63, 3.8) is 0 Å². The van der Waals surface area contributed by atoms with Crippen molar-refractivity contribution < 1.29 is 9.53 Å². The highest BCUT2D eigenvalue weighted by molar-refractivity contribution is 8.21. The predicted molar refractivity (Wildman–Crippen MR) is 89.5 cm³/mol. The van der Waals surface area contributed by atoms with Crippen molar-refractivity contribution in [1.82, 2.24) is 4.31 Å². The minimum absolute atomic E-state index is 0.155. The van der Waals surface area contributed by atoms with Crippen LogP contribution in [0.4, 0.5) is 0 Å². The molecule has 0 aromatic heterocycles. The molecule has 0 N–H and O–H groups in total. The summed E-state index contributed by atoms with van der Waals surface area (Å²) in [6.45, 7) is 7.35. The van der Waals surface area contributed by atoms with Gasteiger partial charge < -0.3 is 4.74 Å². The molecule has 20 heavy (non-hydrogen) atoms. The molecular formula is C15H25NO2S2. The maximum atomic E-state index is 12.4. The number of carbonyl (C=O) groups excluding carboxylic acids is 1. The Labute approximate surface area is 132 Å². The van der Waals surface area contributed by atoms with Crippen molar-refractivity contribution in [2.24, 2.45) is 11.8 Å². The van der Waals surface area contributed by atoms with Crippen LogP contribution in [-0.4, -0.2) is 27.7 Å². The molecule has 5 heteroatoms. The first-order chi connectivity index (χ1) is 9.52. The van der Waals surface area contributed by atoms with Crippen molar-refractivity contribution in [2.45, 2.75) is 46.5 Å². The van der Waals surface area contributed by atoms with Crippen LogP contribution in [-0.2, 0) is 9.53 Å². The van der Waals surface area contributed by atoms with Gasteiger partial charge in [0, 0.05) is 24.9 Å². The number of rotatable bonds is 5. The Morgan fingerprint density at radius 1 is 1.55 bits per heavy atom. The number of allylic oxidation sites excluding steroid dienone is 2. The van der Waals surface area contributed by atoms with E-state index in [1.165, 1.54) is 18.4 Å². The summed E-state index contributed by atoms with van der Waals surface area (Å²) in [5, 5.41) is 0. The first kappa shape index (κ1) is 17.5. The molecule has 1 unspecified atom stereocenters. The second-order valence-corrected chi connectivity index (χ2v) is 7.07. The van der Waals surface area contributed by atoms with Gasteiger partial charge in [0.05, 0.1) is 6.61 Å². The van der Waals surface area contributed by atoms with Crippen LogP contribution in [0.3, 0.4) is 0 Å². The van der Waals surface area contributed by atoms with E-state index in [4.69, 9.17) is 17.0 Å². The highest BCUT2D eigenvalue weighted by Crippen LogP contribution is 2.24. The molecule has 1 atom stereocenters. The summed E-state index contributed by atoms with van der Waals surface area (Å²) in [5.41, 5.74) is 0. The molecule has 0 fully saturated rings. The van der Waals surface area contributed by atoms with E-state index in [0.29, 0.717) is 35.8 Å². The van der Waals surface area contributed by atoms with Crippen molar-refractivity contribution in [2.75, 3.05) is 13.2 Å². The lowest BCUT2D eigenvalue weighted by Crippen LogP contribution is -2.31. The summed E-state index contributed by atoms with van der Waals surface area (Å²) >= 11 is 6.40. The molecule has 1 aliphatic carbocycles. The van der Waals surface area contributed by atoms with Gasteiger partial charge in [0.15, 0.2) is 0 Å². The normalized spacial score (nSPS) is 18.1. The Bertz CT molecular complexity index is 356. The molecule has 114 valence electrons. The van der Waals surface area contributed by atoms with Gasteiger partial charge in [-0.25, -0.2) is 0 Å². The van der Waals surface area contributed by atoms with E-state index in [1.807, 2.05) is 6.92 Å². The molecule has 1 aliphatic rings. The zero-order valence-electron chi connectivity index (χ0n) is 12.6. The third kappa shape index (κ3) is 6.75. The first-order valence-corrected chi connectivity index (χ1v) is 8.52. The van der Waals surface area contributed by atoms with Gasteiger partial charge in [-0.2, -0.15) is 0 Å². The highest BCUT2D eigenvalue weighted by Gasteiger charge is 2.22. The van der Waals surface area contributed by atoms with Crippen molar-refractivity contribution in [3.8, 4) is 0 Å². The fourth-order valence-electron chi connectivity index (χ4n) is 2.13. The number of amides is 1. The molecule has 3 nitrogen and oxygen atoms in total. The average molecular weight is 316 g/mol. The first-order valence-electron chi connectivity index (χ1n) is 7.34. The number of thiocarbonyl (C=S) groups is 1. The van der Waals surface area contributed by atoms with Gasteiger partial charge >= 0.3 is 0 Å². The summed E-state index contributed by atoms with van der Waals surface area (Å²) in [4.78, 5) is 12.4. The van der Waals surface area contributed by atoms with E-state index >= 15 is 0 Å². The van der Waals surface area contributed by atoms with Crippen LogP contribution in [0.2, 0.25) is 0 Å². The predicted octanol–water partition coefficient (Wildman–Crippen LogP) is 4.19. The van der Waals surface area contributed by atoms with Gasteiger partial charge in [-0.15, -0.1) is 0 Å². The van der Waals surface area contributed by atoms with E-state index in [1.54, 1.807) is 4.31 Å². The smallest absolute Gasteiger partial charge is 0.241 e. The summed E-state index contributed by atoms with van der Waals surface area (Å²) in [5.74, 6) is 0.951. The minimum atomic E-state index is 0.155. The van der Waals surface area contributed by atoms with E-state index in [0.717, 1.165) is 12.8 Å². The minimum Gasteiger partial charge on any atom is -0.478 e. The van der Waals surface area contributed by atoms with Gasteiger partial charge in [0.1, 0.15) is 0 Å². The Morgan fingerprint density at radius 3 is 2.85 bits per heavy atom. The topological polar surface area (TPSA) is 29.5 Å². The molecule has 0 radical (unpaired) electrons. The van der Waals surface area contributed by atoms with Gasteiger partial charge in [-0.05, 0) is 50.2 Å². The standard InChI is InChI=1S/C15H25NO2S2/c1-4-18-15(19)20-16(11-12(2)3)14(17)10-13-8-6-5-7-9-13/h6,8,12-13H,4-5,7,9-11H2,1-3H3. The van der Waals surface area contributed by atoms with Crippen LogP contribution in [0, 0.1) is 11.8 Å².